The Bertz CT molecular complexity index is 712. The maximum atomic E-state index is 12.0. The second-order valence-electron chi connectivity index (χ2n) is 6.24. The number of halogens is 1. The van der Waals surface area contributed by atoms with Gasteiger partial charge in [0, 0.05) is 49.1 Å². The molecule has 0 atom stereocenters. The van der Waals surface area contributed by atoms with E-state index in [1.165, 1.54) is 5.69 Å². The molecule has 1 aliphatic rings. The maximum absolute atomic E-state index is 12.0. The molecule has 0 aliphatic carbocycles. The van der Waals surface area contributed by atoms with Crippen LogP contribution in [0.3, 0.4) is 0 Å². The van der Waals surface area contributed by atoms with E-state index in [1.54, 1.807) is 0 Å². The third-order valence-corrected chi connectivity index (χ3v) is 4.76. The van der Waals surface area contributed by atoms with Gasteiger partial charge in [-0.3, -0.25) is 0 Å². The van der Waals surface area contributed by atoms with Crippen molar-refractivity contribution in [2.24, 2.45) is 0 Å². The summed E-state index contributed by atoms with van der Waals surface area (Å²) in [6.45, 7) is 4.60. The van der Waals surface area contributed by atoms with Gasteiger partial charge in [0.2, 0.25) is 0 Å². The highest BCUT2D eigenvalue weighted by Crippen LogP contribution is 2.19. The number of carbonyl (C=O) groups excluding carboxylic acids is 1. The summed E-state index contributed by atoms with van der Waals surface area (Å²) in [6, 6.07) is 15.2. The molecule has 6 heteroatoms. The molecule has 2 aromatic carbocycles. The second kappa shape index (κ2) is 8.23. The first kappa shape index (κ1) is 17.6. The Labute approximate surface area is 153 Å². The quantitative estimate of drug-likeness (QED) is 0.880. The van der Waals surface area contributed by atoms with E-state index in [9.17, 15) is 4.79 Å². The van der Waals surface area contributed by atoms with E-state index in [4.69, 9.17) is 11.6 Å². The standard InChI is InChI=1S/C19H23ClN4O/c1-23-10-12-24(13-11-23)17-8-6-16(7-9-17)22-19(25)21-14-15-4-2-3-5-18(15)20/h2-9H,10-14H2,1H3,(H2,21,22,25). The number of rotatable bonds is 4. The Hall–Kier alpha value is -2.24. The molecule has 0 aromatic heterocycles. The van der Waals surface area contributed by atoms with Gasteiger partial charge in [-0.25, -0.2) is 4.79 Å². The SMILES string of the molecule is CN1CCN(c2ccc(NC(=O)NCc3ccccc3Cl)cc2)CC1. The zero-order valence-corrected chi connectivity index (χ0v) is 15.1. The molecule has 2 N–H and O–H groups in total. The monoisotopic (exact) mass is 358 g/mol. The van der Waals surface area contributed by atoms with Crippen molar-refractivity contribution in [1.29, 1.82) is 0 Å². The number of piperazine rings is 1. The Morgan fingerprint density at radius 3 is 2.40 bits per heavy atom. The first-order valence-electron chi connectivity index (χ1n) is 8.43. The maximum Gasteiger partial charge on any atom is 0.319 e. The number of hydrogen-bond donors (Lipinski definition) is 2. The number of nitrogens with zero attached hydrogens (tertiary/aromatic N) is 2. The normalized spacial score (nSPS) is 15.0. The third-order valence-electron chi connectivity index (χ3n) is 4.39. The summed E-state index contributed by atoms with van der Waals surface area (Å²) in [5.74, 6) is 0. The molecule has 2 amide bonds. The Balaban J connectivity index is 1.51. The van der Waals surface area contributed by atoms with Crippen LogP contribution in [0.15, 0.2) is 48.5 Å². The van der Waals surface area contributed by atoms with Crippen molar-refractivity contribution in [2.75, 3.05) is 43.4 Å². The lowest BCUT2D eigenvalue weighted by molar-refractivity contribution is 0.251. The lowest BCUT2D eigenvalue weighted by atomic mass is 10.2. The Morgan fingerprint density at radius 2 is 1.72 bits per heavy atom. The van der Waals surface area contributed by atoms with Crippen molar-refractivity contribution in [2.45, 2.75) is 6.54 Å². The van der Waals surface area contributed by atoms with Crippen molar-refractivity contribution >= 4 is 29.0 Å². The number of likely N-dealkylation sites (N-methyl/N-ethyl adjacent to an activating group) is 1. The molecule has 1 saturated heterocycles. The molecule has 5 nitrogen and oxygen atoms in total. The highest BCUT2D eigenvalue weighted by Gasteiger charge is 2.14. The first-order valence-corrected chi connectivity index (χ1v) is 8.81. The Morgan fingerprint density at radius 1 is 1.04 bits per heavy atom. The largest absolute Gasteiger partial charge is 0.369 e. The van der Waals surface area contributed by atoms with Crippen molar-refractivity contribution in [1.82, 2.24) is 10.2 Å². The number of benzene rings is 2. The molecule has 0 saturated carbocycles. The first-order chi connectivity index (χ1) is 12.1. The average Bonchev–Trinajstić information content (AvgIpc) is 2.62. The smallest absolute Gasteiger partial charge is 0.319 e. The zero-order chi connectivity index (χ0) is 17.6. The molecule has 0 spiro atoms. The van der Waals surface area contributed by atoms with Crippen LogP contribution in [0.2, 0.25) is 5.02 Å². The van der Waals surface area contributed by atoms with Gasteiger partial charge in [-0.15, -0.1) is 0 Å². The molecule has 0 unspecified atom stereocenters. The second-order valence-corrected chi connectivity index (χ2v) is 6.64. The van der Waals surface area contributed by atoms with E-state index < -0.39 is 0 Å². The highest BCUT2D eigenvalue weighted by atomic mass is 35.5. The van der Waals surface area contributed by atoms with Crippen molar-refractivity contribution < 1.29 is 4.79 Å². The fourth-order valence-corrected chi connectivity index (χ4v) is 3.02. The third kappa shape index (κ3) is 4.87. The minimum Gasteiger partial charge on any atom is -0.369 e. The zero-order valence-electron chi connectivity index (χ0n) is 14.3. The van der Waals surface area contributed by atoms with Crippen LogP contribution in [0.1, 0.15) is 5.56 Å². The summed E-state index contributed by atoms with van der Waals surface area (Å²) in [7, 11) is 2.14. The molecular formula is C19H23ClN4O. The molecule has 0 bridgehead atoms. The fourth-order valence-electron chi connectivity index (χ4n) is 2.81. The van der Waals surface area contributed by atoms with Gasteiger partial charge in [-0.1, -0.05) is 29.8 Å². The van der Waals surface area contributed by atoms with Crippen LogP contribution in [-0.4, -0.2) is 44.2 Å². The van der Waals surface area contributed by atoms with Crippen molar-refractivity contribution in [3.05, 3.63) is 59.1 Å². The number of nitrogens with one attached hydrogen (secondary N) is 2. The molecule has 0 radical (unpaired) electrons. The summed E-state index contributed by atoms with van der Waals surface area (Å²) in [4.78, 5) is 16.7. The lowest BCUT2D eigenvalue weighted by Crippen LogP contribution is -2.44. The van der Waals surface area contributed by atoms with E-state index in [2.05, 4.69) is 39.6 Å². The molecule has 1 heterocycles. The summed E-state index contributed by atoms with van der Waals surface area (Å²) in [6.07, 6.45) is 0. The van der Waals surface area contributed by atoms with Crippen LogP contribution < -0.4 is 15.5 Å². The van der Waals surface area contributed by atoms with Crippen LogP contribution in [0.4, 0.5) is 16.2 Å². The molecular weight excluding hydrogens is 336 g/mol. The number of carbonyl (C=O) groups is 1. The van der Waals surface area contributed by atoms with Crippen LogP contribution in [-0.2, 0) is 6.54 Å². The summed E-state index contributed by atoms with van der Waals surface area (Å²) in [5, 5.41) is 6.32. The van der Waals surface area contributed by atoms with Gasteiger partial charge in [-0.2, -0.15) is 0 Å². The van der Waals surface area contributed by atoms with Gasteiger partial charge in [0.15, 0.2) is 0 Å². The van der Waals surface area contributed by atoms with Crippen LogP contribution in [0.25, 0.3) is 0 Å². The van der Waals surface area contributed by atoms with Crippen LogP contribution >= 0.6 is 11.6 Å². The van der Waals surface area contributed by atoms with E-state index in [1.807, 2.05) is 36.4 Å². The lowest BCUT2D eigenvalue weighted by Gasteiger charge is -2.34. The molecule has 132 valence electrons. The van der Waals surface area contributed by atoms with E-state index >= 15 is 0 Å². The van der Waals surface area contributed by atoms with Crippen molar-refractivity contribution in [3.8, 4) is 0 Å². The van der Waals surface area contributed by atoms with Gasteiger partial charge < -0.3 is 20.4 Å². The van der Waals surface area contributed by atoms with E-state index in [0.717, 1.165) is 37.4 Å². The minimum atomic E-state index is -0.243. The van der Waals surface area contributed by atoms with Crippen LogP contribution in [0.5, 0.6) is 0 Å². The van der Waals surface area contributed by atoms with Gasteiger partial charge >= 0.3 is 6.03 Å². The minimum absolute atomic E-state index is 0.243. The van der Waals surface area contributed by atoms with Crippen LogP contribution in [0, 0.1) is 0 Å². The molecule has 3 rings (SSSR count). The summed E-state index contributed by atoms with van der Waals surface area (Å²) in [5.41, 5.74) is 2.86. The van der Waals surface area contributed by atoms with E-state index in [-0.39, 0.29) is 6.03 Å². The highest BCUT2D eigenvalue weighted by molar-refractivity contribution is 6.31. The number of urea groups is 1. The molecule has 1 fully saturated rings. The molecule has 25 heavy (non-hydrogen) atoms. The van der Waals surface area contributed by atoms with E-state index in [0.29, 0.717) is 11.6 Å². The number of hydrogen-bond acceptors (Lipinski definition) is 3. The van der Waals surface area contributed by atoms with Gasteiger partial charge in [0.25, 0.3) is 0 Å². The predicted molar refractivity (Wildman–Crippen MR) is 103 cm³/mol. The molecule has 1 aliphatic heterocycles. The number of anilines is 2. The van der Waals surface area contributed by atoms with Gasteiger partial charge in [0.1, 0.15) is 0 Å². The molecule has 2 aromatic rings. The topological polar surface area (TPSA) is 47.6 Å². The van der Waals surface area contributed by atoms with Gasteiger partial charge in [-0.05, 0) is 42.9 Å². The average molecular weight is 359 g/mol. The predicted octanol–water partition coefficient (Wildman–Crippen LogP) is 3.41. The summed E-state index contributed by atoms with van der Waals surface area (Å²) >= 11 is 6.09. The van der Waals surface area contributed by atoms with Crippen molar-refractivity contribution in [3.63, 3.8) is 0 Å². The number of amides is 2. The summed E-state index contributed by atoms with van der Waals surface area (Å²) < 4.78 is 0. The Kier molecular flexibility index (Phi) is 5.79. The van der Waals surface area contributed by atoms with Gasteiger partial charge in [0.05, 0.1) is 0 Å². The fraction of sp³-hybridized carbons (Fsp3) is 0.316.